The molecule has 0 heterocycles. The van der Waals surface area contributed by atoms with E-state index in [2.05, 4.69) is 0 Å². The fourth-order valence-electron chi connectivity index (χ4n) is 0. The van der Waals surface area contributed by atoms with Crippen LogP contribution in [0.2, 0.25) is 0 Å². The van der Waals surface area contributed by atoms with E-state index in [0.29, 0.717) is 0 Å². The predicted molar refractivity (Wildman–Crippen MR) is 28.9 cm³/mol. The van der Waals surface area contributed by atoms with Crippen LogP contribution in [0, 0.1) is 0 Å². The number of halogens is 2. The lowest BCUT2D eigenvalue weighted by Gasteiger charge is -1.74. The van der Waals surface area contributed by atoms with Crippen molar-refractivity contribution in [2.24, 2.45) is 0 Å². The molecule has 0 rings (SSSR count). The standard InChI is InChI=1S/CH2FIO2S/c2-6(4,5)1-3/h1H2. The smallest absolute Gasteiger partial charge is 0.194 e. The number of rotatable bonds is 1. The van der Waals surface area contributed by atoms with Crippen molar-refractivity contribution in [3.63, 3.8) is 0 Å². The van der Waals surface area contributed by atoms with Gasteiger partial charge in [-0.05, 0) is 0 Å². The van der Waals surface area contributed by atoms with Crippen LogP contribution in [0.15, 0.2) is 0 Å². The first kappa shape index (κ1) is 6.61. The average Bonchev–Trinajstić information content (AvgIpc) is 1.35. The first-order valence-electron chi connectivity index (χ1n) is 1.04. The van der Waals surface area contributed by atoms with Gasteiger partial charge < -0.3 is 0 Å². The Hall–Kier alpha value is 0.610. The Kier molecular flexibility index (Phi) is 2.27. The summed E-state index contributed by atoms with van der Waals surface area (Å²) in [7, 11) is -4.18. The molecule has 5 heteroatoms. The third-order valence-corrected chi connectivity index (χ3v) is 2.62. The highest BCUT2D eigenvalue weighted by molar-refractivity contribution is 14.1. The van der Waals surface area contributed by atoms with Crippen molar-refractivity contribution in [3.8, 4) is 0 Å². The summed E-state index contributed by atoms with van der Waals surface area (Å²) in [5, 5.41) is 0. The molecule has 0 atom stereocenters. The van der Waals surface area contributed by atoms with Gasteiger partial charge in [-0.2, -0.15) is 8.42 Å². The largest absolute Gasteiger partial charge is 0.311 e. The van der Waals surface area contributed by atoms with Gasteiger partial charge >= 0.3 is 10.2 Å². The van der Waals surface area contributed by atoms with Crippen molar-refractivity contribution < 1.29 is 12.3 Å². The van der Waals surface area contributed by atoms with Gasteiger partial charge in [0.1, 0.15) is 3.76 Å². The third-order valence-electron chi connectivity index (χ3n) is 0.130. The van der Waals surface area contributed by atoms with E-state index in [9.17, 15) is 12.3 Å². The molecule has 0 N–H and O–H groups in total. The van der Waals surface area contributed by atoms with Crippen molar-refractivity contribution in [1.82, 2.24) is 0 Å². The van der Waals surface area contributed by atoms with Gasteiger partial charge in [-0.15, -0.1) is 3.89 Å². The van der Waals surface area contributed by atoms with Gasteiger partial charge in [0.15, 0.2) is 0 Å². The van der Waals surface area contributed by atoms with Crippen molar-refractivity contribution in [3.05, 3.63) is 0 Å². The van der Waals surface area contributed by atoms with Gasteiger partial charge in [0.05, 0.1) is 0 Å². The van der Waals surface area contributed by atoms with E-state index in [1.807, 2.05) is 0 Å². The molecular formula is CH2FIO2S. The Labute approximate surface area is 49.1 Å². The minimum Gasteiger partial charge on any atom is -0.194 e. The van der Waals surface area contributed by atoms with Crippen LogP contribution in [0.3, 0.4) is 0 Å². The third kappa shape index (κ3) is 4.61. The second kappa shape index (κ2) is 2.06. The first-order valence-corrected chi connectivity index (χ1v) is 4.12. The summed E-state index contributed by atoms with van der Waals surface area (Å²) in [4.78, 5) is 0. The second-order valence-electron chi connectivity index (χ2n) is 0.648. The normalized spacial score (nSPS) is 11.7. The molecule has 0 spiro atoms. The van der Waals surface area contributed by atoms with E-state index in [4.69, 9.17) is 0 Å². The van der Waals surface area contributed by atoms with Crippen LogP contribution >= 0.6 is 22.6 Å². The van der Waals surface area contributed by atoms with Crippen LogP contribution in [-0.2, 0) is 10.2 Å². The molecule has 0 saturated heterocycles. The maximum atomic E-state index is 11.1. The summed E-state index contributed by atoms with van der Waals surface area (Å²) in [6.45, 7) is 0. The van der Waals surface area contributed by atoms with Gasteiger partial charge in [0.25, 0.3) is 0 Å². The van der Waals surface area contributed by atoms with Crippen LogP contribution in [0.4, 0.5) is 3.89 Å². The van der Waals surface area contributed by atoms with Gasteiger partial charge in [-0.1, -0.05) is 22.6 Å². The quantitative estimate of drug-likeness (QED) is 0.372. The molecule has 0 radical (unpaired) electrons. The Morgan fingerprint density at radius 3 is 1.83 bits per heavy atom. The zero-order valence-corrected chi connectivity index (χ0v) is 5.66. The summed E-state index contributed by atoms with van der Waals surface area (Å²) in [5.41, 5.74) is 0. The van der Waals surface area contributed by atoms with Gasteiger partial charge in [-0.25, -0.2) is 0 Å². The maximum absolute atomic E-state index is 11.1. The molecule has 0 bridgehead atoms. The Morgan fingerprint density at radius 2 is 1.83 bits per heavy atom. The average molecular weight is 224 g/mol. The lowest BCUT2D eigenvalue weighted by molar-refractivity contribution is 0.558. The molecule has 0 aromatic carbocycles. The number of alkyl halides is 1. The first-order chi connectivity index (χ1) is 2.56. The summed E-state index contributed by atoms with van der Waals surface area (Å²) < 4.78 is 29.3. The molecule has 6 heavy (non-hydrogen) atoms. The van der Waals surface area contributed by atoms with Crippen LogP contribution < -0.4 is 0 Å². The molecule has 0 fully saturated rings. The Balaban J connectivity index is 3.85. The summed E-state index contributed by atoms with van der Waals surface area (Å²) in [5.74, 6) is 0. The van der Waals surface area contributed by atoms with Crippen molar-refractivity contribution >= 4 is 32.8 Å². The van der Waals surface area contributed by atoms with Gasteiger partial charge in [-0.3, -0.25) is 0 Å². The van der Waals surface area contributed by atoms with Crippen molar-refractivity contribution in [2.45, 2.75) is 0 Å². The Morgan fingerprint density at radius 1 is 1.67 bits per heavy atom. The number of hydrogen-bond donors (Lipinski definition) is 0. The van der Waals surface area contributed by atoms with E-state index >= 15 is 0 Å². The summed E-state index contributed by atoms with van der Waals surface area (Å²) >= 11 is 1.43. The molecule has 0 aromatic rings. The molecule has 0 aromatic heterocycles. The highest BCUT2D eigenvalue weighted by atomic mass is 127. The molecule has 0 amide bonds. The SMILES string of the molecule is O=S(=O)(F)CI. The highest BCUT2D eigenvalue weighted by Gasteiger charge is 1.98. The molecular weight excluding hydrogens is 222 g/mol. The zero-order valence-electron chi connectivity index (χ0n) is 2.69. The molecule has 0 unspecified atom stereocenters. The minimum absolute atomic E-state index is 0.454. The van der Waals surface area contributed by atoms with Crippen LogP contribution in [0.5, 0.6) is 0 Å². The Bertz CT molecular complexity index is 116. The van der Waals surface area contributed by atoms with E-state index in [0.717, 1.165) is 0 Å². The topological polar surface area (TPSA) is 34.1 Å². The molecule has 0 aliphatic heterocycles. The van der Waals surface area contributed by atoms with Crippen LogP contribution in [0.1, 0.15) is 0 Å². The molecule has 38 valence electrons. The minimum atomic E-state index is -4.18. The molecule has 2 nitrogen and oxygen atoms in total. The van der Waals surface area contributed by atoms with E-state index in [1.165, 1.54) is 22.6 Å². The van der Waals surface area contributed by atoms with Gasteiger partial charge in [0, 0.05) is 0 Å². The van der Waals surface area contributed by atoms with Crippen molar-refractivity contribution in [2.75, 3.05) is 3.76 Å². The highest BCUT2D eigenvalue weighted by Crippen LogP contribution is 1.94. The lowest BCUT2D eigenvalue weighted by Crippen LogP contribution is -1.86. The molecule has 0 aliphatic carbocycles. The maximum Gasteiger partial charge on any atom is 0.311 e. The fourth-order valence-corrected chi connectivity index (χ4v) is 0. The second-order valence-corrected chi connectivity index (χ2v) is 3.81. The van der Waals surface area contributed by atoms with Gasteiger partial charge in [0.2, 0.25) is 0 Å². The predicted octanol–water partition coefficient (Wildman–Crippen LogP) is 0.678. The van der Waals surface area contributed by atoms with Crippen molar-refractivity contribution in [1.29, 1.82) is 0 Å². The summed E-state index contributed by atoms with van der Waals surface area (Å²) in [6, 6.07) is 0. The number of hydrogen-bond acceptors (Lipinski definition) is 2. The molecule has 0 saturated carbocycles. The monoisotopic (exact) mass is 224 g/mol. The lowest BCUT2D eigenvalue weighted by atomic mass is 12.0. The van der Waals surface area contributed by atoms with E-state index in [-0.39, 0.29) is 0 Å². The molecule has 0 aliphatic rings. The van der Waals surface area contributed by atoms with E-state index in [1.54, 1.807) is 0 Å². The zero-order chi connectivity index (χ0) is 5.21. The summed E-state index contributed by atoms with van der Waals surface area (Å²) in [6.07, 6.45) is 0. The van der Waals surface area contributed by atoms with E-state index < -0.39 is 14.0 Å². The van der Waals surface area contributed by atoms with Crippen LogP contribution in [-0.4, -0.2) is 12.2 Å². The fraction of sp³-hybridized carbons (Fsp3) is 1.00. The van der Waals surface area contributed by atoms with Crippen LogP contribution in [0.25, 0.3) is 0 Å².